The Morgan fingerprint density at radius 3 is 2.75 bits per heavy atom. The number of nitrogens with zero attached hydrogens (tertiary/aromatic N) is 1. The molecule has 1 aromatic carbocycles. The van der Waals surface area contributed by atoms with E-state index in [4.69, 9.17) is 9.84 Å². The molecule has 3 nitrogen and oxygen atoms in total. The lowest BCUT2D eigenvalue weighted by Crippen LogP contribution is -1.98. The molecule has 0 saturated heterocycles. The first kappa shape index (κ1) is 14.1. The summed E-state index contributed by atoms with van der Waals surface area (Å²) in [6, 6.07) is 7.88. The second-order valence-corrected chi connectivity index (χ2v) is 4.62. The van der Waals surface area contributed by atoms with Gasteiger partial charge in [-0.2, -0.15) is 0 Å². The van der Waals surface area contributed by atoms with E-state index < -0.39 is 0 Å². The molecular weight excluding hydrogens is 250 g/mol. The zero-order valence-electron chi connectivity index (χ0n) is 11.7. The molecule has 0 fully saturated rings. The molecule has 0 aliphatic rings. The zero-order chi connectivity index (χ0) is 14.4. The van der Waals surface area contributed by atoms with Gasteiger partial charge in [0.1, 0.15) is 19.0 Å². The van der Waals surface area contributed by atoms with Crippen molar-refractivity contribution in [2.24, 2.45) is 0 Å². The summed E-state index contributed by atoms with van der Waals surface area (Å²) in [5.74, 6) is 6.28. The molecule has 0 atom stereocenters. The highest BCUT2D eigenvalue weighted by Crippen LogP contribution is 2.20. The Morgan fingerprint density at radius 2 is 2.00 bits per heavy atom. The van der Waals surface area contributed by atoms with Crippen molar-refractivity contribution in [1.29, 1.82) is 0 Å². The van der Waals surface area contributed by atoms with Gasteiger partial charge >= 0.3 is 0 Å². The lowest BCUT2D eigenvalue weighted by molar-refractivity contribution is 0.304. The molecule has 0 aliphatic heterocycles. The van der Waals surface area contributed by atoms with Crippen LogP contribution in [-0.4, -0.2) is 16.7 Å². The number of hydrogen-bond acceptors (Lipinski definition) is 3. The largest absolute Gasteiger partial charge is 0.488 e. The standard InChI is InChI=1S/C17H17NO2/c1-13-5-6-17(16(9-13)4-3-7-19)20-12-15-8-14(2)10-18-11-15/h5-6,8-11,19H,7,12H2,1-2H3. The van der Waals surface area contributed by atoms with Crippen LogP contribution in [0, 0.1) is 25.7 Å². The topological polar surface area (TPSA) is 42.4 Å². The van der Waals surface area contributed by atoms with E-state index >= 15 is 0 Å². The van der Waals surface area contributed by atoms with Crippen molar-refractivity contribution in [3.8, 4) is 17.6 Å². The second-order valence-electron chi connectivity index (χ2n) is 4.62. The molecule has 0 saturated carbocycles. The van der Waals surface area contributed by atoms with Crippen molar-refractivity contribution in [1.82, 2.24) is 4.98 Å². The average Bonchev–Trinajstić information content (AvgIpc) is 2.44. The molecule has 1 aromatic heterocycles. The minimum absolute atomic E-state index is 0.158. The normalized spacial score (nSPS) is 9.75. The summed E-state index contributed by atoms with van der Waals surface area (Å²) in [6.07, 6.45) is 3.60. The molecule has 0 spiro atoms. The fraction of sp³-hybridized carbons (Fsp3) is 0.235. The molecule has 0 amide bonds. The number of aliphatic hydroxyl groups is 1. The Hall–Kier alpha value is -2.31. The number of rotatable bonds is 3. The molecule has 0 aliphatic carbocycles. The fourth-order valence-electron chi connectivity index (χ4n) is 1.86. The molecular formula is C17H17NO2. The van der Waals surface area contributed by atoms with Gasteiger partial charge in [-0.25, -0.2) is 0 Å². The van der Waals surface area contributed by atoms with Crippen molar-refractivity contribution >= 4 is 0 Å². The monoisotopic (exact) mass is 267 g/mol. The Kier molecular flexibility index (Phi) is 4.75. The van der Waals surface area contributed by atoms with Crippen molar-refractivity contribution in [2.75, 3.05) is 6.61 Å². The molecule has 1 N–H and O–H groups in total. The SMILES string of the molecule is Cc1cncc(COc2ccc(C)cc2C#CCO)c1. The molecule has 3 heteroatoms. The maximum absolute atomic E-state index is 8.80. The van der Waals surface area contributed by atoms with E-state index in [0.29, 0.717) is 6.61 Å². The summed E-state index contributed by atoms with van der Waals surface area (Å²) >= 11 is 0. The minimum atomic E-state index is -0.158. The molecule has 0 unspecified atom stereocenters. The molecule has 2 rings (SSSR count). The first-order valence-electron chi connectivity index (χ1n) is 6.43. The highest BCUT2D eigenvalue weighted by Gasteiger charge is 2.03. The molecule has 0 radical (unpaired) electrons. The minimum Gasteiger partial charge on any atom is -0.488 e. The van der Waals surface area contributed by atoms with Crippen molar-refractivity contribution in [3.05, 3.63) is 58.9 Å². The van der Waals surface area contributed by atoms with E-state index in [1.54, 1.807) is 6.20 Å². The average molecular weight is 267 g/mol. The van der Waals surface area contributed by atoms with Crippen molar-refractivity contribution in [2.45, 2.75) is 20.5 Å². The van der Waals surface area contributed by atoms with E-state index in [0.717, 1.165) is 28.0 Å². The van der Waals surface area contributed by atoms with Crippen LogP contribution >= 0.6 is 0 Å². The van der Waals surface area contributed by atoms with Crippen LogP contribution in [0.5, 0.6) is 5.75 Å². The predicted octanol–water partition coefficient (Wildman–Crippen LogP) is 2.62. The van der Waals surface area contributed by atoms with Gasteiger partial charge in [0.15, 0.2) is 0 Å². The third-order valence-corrected chi connectivity index (χ3v) is 2.76. The van der Waals surface area contributed by atoms with E-state index in [1.807, 2.05) is 44.3 Å². The van der Waals surface area contributed by atoms with E-state index in [-0.39, 0.29) is 6.61 Å². The number of benzene rings is 1. The van der Waals surface area contributed by atoms with E-state index in [2.05, 4.69) is 16.8 Å². The summed E-state index contributed by atoms with van der Waals surface area (Å²) in [5.41, 5.74) is 4.03. The van der Waals surface area contributed by atoms with Crippen LogP contribution in [0.4, 0.5) is 0 Å². The molecule has 0 bridgehead atoms. The Bertz CT molecular complexity index is 654. The van der Waals surface area contributed by atoms with Gasteiger partial charge < -0.3 is 9.84 Å². The van der Waals surface area contributed by atoms with Gasteiger partial charge in [-0.1, -0.05) is 17.9 Å². The number of aromatic nitrogens is 1. The van der Waals surface area contributed by atoms with Gasteiger partial charge in [-0.3, -0.25) is 4.98 Å². The first-order valence-corrected chi connectivity index (χ1v) is 6.43. The third-order valence-electron chi connectivity index (χ3n) is 2.76. The summed E-state index contributed by atoms with van der Waals surface area (Å²) in [5, 5.41) is 8.80. The van der Waals surface area contributed by atoms with Crippen LogP contribution in [0.1, 0.15) is 22.3 Å². The van der Waals surface area contributed by atoms with Crippen LogP contribution in [0.2, 0.25) is 0 Å². The summed E-state index contributed by atoms with van der Waals surface area (Å²) in [4.78, 5) is 4.14. The fourth-order valence-corrected chi connectivity index (χ4v) is 1.86. The summed E-state index contributed by atoms with van der Waals surface area (Å²) in [6.45, 7) is 4.29. The predicted molar refractivity (Wildman–Crippen MR) is 78.4 cm³/mol. The second kappa shape index (κ2) is 6.74. The maximum atomic E-state index is 8.80. The zero-order valence-corrected chi connectivity index (χ0v) is 11.7. The number of pyridine rings is 1. The molecule has 2 aromatic rings. The van der Waals surface area contributed by atoms with Gasteiger partial charge in [-0.15, -0.1) is 0 Å². The molecule has 102 valence electrons. The van der Waals surface area contributed by atoms with E-state index in [1.165, 1.54) is 0 Å². The number of ether oxygens (including phenoxy) is 1. The Morgan fingerprint density at radius 1 is 1.15 bits per heavy atom. The van der Waals surface area contributed by atoms with Crippen LogP contribution in [0.25, 0.3) is 0 Å². The van der Waals surface area contributed by atoms with Gasteiger partial charge in [-0.05, 0) is 43.2 Å². The van der Waals surface area contributed by atoms with Crippen LogP contribution in [-0.2, 0) is 6.61 Å². The Labute approximate surface area is 119 Å². The summed E-state index contributed by atoms with van der Waals surface area (Å²) < 4.78 is 5.81. The van der Waals surface area contributed by atoms with Crippen LogP contribution < -0.4 is 4.74 Å². The number of aliphatic hydroxyl groups excluding tert-OH is 1. The van der Waals surface area contributed by atoms with Crippen molar-refractivity contribution in [3.63, 3.8) is 0 Å². The van der Waals surface area contributed by atoms with Crippen molar-refractivity contribution < 1.29 is 9.84 Å². The quantitative estimate of drug-likeness (QED) is 0.869. The third kappa shape index (κ3) is 3.84. The van der Waals surface area contributed by atoms with Crippen LogP contribution in [0.15, 0.2) is 36.7 Å². The van der Waals surface area contributed by atoms with Gasteiger partial charge in [0.2, 0.25) is 0 Å². The van der Waals surface area contributed by atoms with E-state index in [9.17, 15) is 0 Å². The van der Waals surface area contributed by atoms with Gasteiger partial charge in [0.05, 0.1) is 5.56 Å². The van der Waals surface area contributed by atoms with Gasteiger partial charge in [0.25, 0.3) is 0 Å². The molecule has 1 heterocycles. The summed E-state index contributed by atoms with van der Waals surface area (Å²) in [7, 11) is 0. The maximum Gasteiger partial charge on any atom is 0.135 e. The molecule has 20 heavy (non-hydrogen) atoms. The first-order chi connectivity index (χ1) is 9.69. The van der Waals surface area contributed by atoms with Gasteiger partial charge in [0, 0.05) is 18.0 Å². The lowest BCUT2D eigenvalue weighted by Gasteiger charge is -2.09. The number of hydrogen-bond donors (Lipinski definition) is 1. The Balaban J connectivity index is 2.16. The highest BCUT2D eigenvalue weighted by molar-refractivity contribution is 5.48. The number of aryl methyl sites for hydroxylation is 2. The van der Waals surface area contributed by atoms with Crippen LogP contribution in [0.3, 0.4) is 0 Å². The highest BCUT2D eigenvalue weighted by atomic mass is 16.5. The lowest BCUT2D eigenvalue weighted by atomic mass is 10.1. The smallest absolute Gasteiger partial charge is 0.135 e.